The van der Waals surface area contributed by atoms with Crippen LogP contribution in [0.3, 0.4) is 0 Å². The van der Waals surface area contributed by atoms with Crippen LogP contribution in [0.2, 0.25) is 5.02 Å². The van der Waals surface area contributed by atoms with Gasteiger partial charge in [-0.1, -0.05) is 11.6 Å². The van der Waals surface area contributed by atoms with Crippen LogP contribution in [-0.2, 0) is 4.79 Å². The van der Waals surface area contributed by atoms with E-state index in [1.165, 1.54) is 0 Å². The number of hydrogen-bond donors (Lipinski definition) is 1. The molecule has 1 amide bonds. The minimum absolute atomic E-state index is 0.00204. The van der Waals surface area contributed by atoms with Gasteiger partial charge in [-0.25, -0.2) is 4.98 Å². The molecule has 1 fully saturated rings. The SMILES string of the molecule is O=C(Nc1ncccc1Cl)C1CSCCS1. The standard InChI is InChI=1S/C10H11ClN2OS2/c11-7-2-1-3-12-9(7)13-10(14)8-6-15-4-5-16-8/h1-3,8H,4-6H2,(H,12,13,14). The highest BCUT2D eigenvalue weighted by Gasteiger charge is 2.22. The van der Waals surface area contributed by atoms with Crippen molar-refractivity contribution in [3.63, 3.8) is 0 Å². The Morgan fingerprint density at radius 3 is 3.12 bits per heavy atom. The maximum absolute atomic E-state index is 11.9. The number of pyridine rings is 1. The highest BCUT2D eigenvalue weighted by Crippen LogP contribution is 2.26. The van der Waals surface area contributed by atoms with Gasteiger partial charge in [-0.05, 0) is 12.1 Å². The Morgan fingerprint density at radius 1 is 1.56 bits per heavy atom. The van der Waals surface area contributed by atoms with Crippen molar-refractivity contribution in [2.75, 3.05) is 22.6 Å². The molecule has 6 heteroatoms. The minimum atomic E-state index is -0.00204. The summed E-state index contributed by atoms with van der Waals surface area (Å²) >= 11 is 9.42. The fourth-order valence-corrected chi connectivity index (χ4v) is 4.04. The van der Waals surface area contributed by atoms with E-state index >= 15 is 0 Å². The van der Waals surface area contributed by atoms with E-state index < -0.39 is 0 Å². The average molecular weight is 275 g/mol. The van der Waals surface area contributed by atoms with Gasteiger partial charge in [-0.15, -0.1) is 11.8 Å². The molecular formula is C10H11ClN2OS2. The molecule has 1 unspecified atom stereocenters. The number of hydrogen-bond acceptors (Lipinski definition) is 4. The van der Waals surface area contributed by atoms with E-state index in [9.17, 15) is 4.79 Å². The zero-order chi connectivity index (χ0) is 11.4. The van der Waals surface area contributed by atoms with Crippen LogP contribution in [0.1, 0.15) is 0 Å². The Bertz CT molecular complexity index is 383. The van der Waals surface area contributed by atoms with Gasteiger partial charge in [0.05, 0.1) is 10.3 Å². The number of thioether (sulfide) groups is 2. The third-order valence-electron chi connectivity index (χ3n) is 2.11. The molecule has 0 aliphatic carbocycles. The van der Waals surface area contributed by atoms with Gasteiger partial charge in [0.15, 0.2) is 5.82 Å². The number of carbonyl (C=O) groups is 1. The van der Waals surface area contributed by atoms with Gasteiger partial charge >= 0.3 is 0 Å². The molecule has 86 valence electrons. The summed E-state index contributed by atoms with van der Waals surface area (Å²) in [7, 11) is 0. The molecule has 3 nitrogen and oxygen atoms in total. The summed E-state index contributed by atoms with van der Waals surface area (Å²) in [5.41, 5.74) is 0. The first-order valence-electron chi connectivity index (χ1n) is 4.88. The van der Waals surface area contributed by atoms with Gasteiger partial charge in [-0.3, -0.25) is 4.79 Å². The monoisotopic (exact) mass is 274 g/mol. The predicted molar refractivity (Wildman–Crippen MR) is 71.4 cm³/mol. The van der Waals surface area contributed by atoms with Crippen molar-refractivity contribution in [2.45, 2.75) is 5.25 Å². The molecule has 1 N–H and O–H groups in total. The predicted octanol–water partition coefficient (Wildman–Crippen LogP) is 2.52. The molecule has 1 aliphatic rings. The maximum atomic E-state index is 11.9. The summed E-state index contributed by atoms with van der Waals surface area (Å²) in [6, 6.07) is 3.45. The molecule has 0 saturated carbocycles. The fourth-order valence-electron chi connectivity index (χ4n) is 1.31. The summed E-state index contributed by atoms with van der Waals surface area (Å²) in [6.07, 6.45) is 1.62. The van der Waals surface area contributed by atoms with Crippen LogP contribution in [0.4, 0.5) is 5.82 Å². The van der Waals surface area contributed by atoms with Crippen molar-refractivity contribution >= 4 is 46.8 Å². The lowest BCUT2D eigenvalue weighted by molar-refractivity contribution is -0.115. The topological polar surface area (TPSA) is 42.0 Å². The van der Waals surface area contributed by atoms with Crippen molar-refractivity contribution in [3.05, 3.63) is 23.4 Å². The first-order valence-corrected chi connectivity index (χ1v) is 7.46. The molecule has 0 radical (unpaired) electrons. The van der Waals surface area contributed by atoms with Gasteiger partial charge in [0.25, 0.3) is 0 Å². The van der Waals surface area contributed by atoms with Crippen LogP contribution in [0.25, 0.3) is 0 Å². The molecule has 2 heterocycles. The Kier molecular flexibility index (Phi) is 4.37. The van der Waals surface area contributed by atoms with Crippen LogP contribution < -0.4 is 5.32 Å². The molecular weight excluding hydrogens is 264 g/mol. The van der Waals surface area contributed by atoms with E-state index in [0.29, 0.717) is 10.8 Å². The number of amides is 1. The van der Waals surface area contributed by atoms with Gasteiger partial charge in [0.1, 0.15) is 0 Å². The second-order valence-corrected chi connectivity index (χ2v) is 6.13. The van der Waals surface area contributed by atoms with E-state index in [4.69, 9.17) is 11.6 Å². The van der Waals surface area contributed by atoms with Gasteiger partial charge in [-0.2, -0.15) is 11.8 Å². The lowest BCUT2D eigenvalue weighted by Crippen LogP contribution is -2.30. The summed E-state index contributed by atoms with van der Waals surface area (Å²) in [5, 5.41) is 3.25. The summed E-state index contributed by atoms with van der Waals surface area (Å²) < 4.78 is 0. The van der Waals surface area contributed by atoms with Gasteiger partial charge in [0, 0.05) is 23.5 Å². The van der Waals surface area contributed by atoms with Crippen molar-refractivity contribution in [2.24, 2.45) is 0 Å². The van der Waals surface area contributed by atoms with Crippen LogP contribution in [-0.4, -0.2) is 33.4 Å². The Balaban J connectivity index is 1.99. The first-order chi connectivity index (χ1) is 7.77. The Hall–Kier alpha value is -0.390. The van der Waals surface area contributed by atoms with Crippen LogP contribution in [0, 0.1) is 0 Å². The van der Waals surface area contributed by atoms with Crippen molar-refractivity contribution in [1.82, 2.24) is 4.98 Å². The normalized spacial score (nSPS) is 20.4. The van der Waals surface area contributed by atoms with E-state index in [1.54, 1.807) is 30.1 Å². The van der Waals surface area contributed by atoms with Gasteiger partial charge < -0.3 is 5.32 Å². The molecule has 0 spiro atoms. The Labute approximate surface area is 108 Å². The van der Waals surface area contributed by atoms with Gasteiger partial charge in [0.2, 0.25) is 5.91 Å². The fraction of sp³-hybridized carbons (Fsp3) is 0.400. The van der Waals surface area contributed by atoms with Crippen LogP contribution in [0.5, 0.6) is 0 Å². The number of halogens is 1. The number of aromatic nitrogens is 1. The number of anilines is 1. The number of rotatable bonds is 2. The molecule has 1 aliphatic heterocycles. The number of carbonyl (C=O) groups excluding carboxylic acids is 1. The van der Waals surface area contributed by atoms with E-state index in [2.05, 4.69) is 10.3 Å². The molecule has 1 aromatic heterocycles. The number of nitrogens with zero attached hydrogens (tertiary/aromatic N) is 1. The molecule has 0 bridgehead atoms. The molecule has 1 saturated heterocycles. The summed E-state index contributed by atoms with van der Waals surface area (Å²) in [6.45, 7) is 0. The van der Waals surface area contributed by atoms with Crippen LogP contribution in [0.15, 0.2) is 18.3 Å². The molecule has 16 heavy (non-hydrogen) atoms. The van der Waals surface area contributed by atoms with E-state index in [1.807, 2.05) is 11.8 Å². The second-order valence-electron chi connectivity index (χ2n) is 3.26. The first kappa shape index (κ1) is 12.1. The zero-order valence-corrected chi connectivity index (χ0v) is 10.9. The lowest BCUT2D eigenvalue weighted by Gasteiger charge is -2.20. The lowest BCUT2D eigenvalue weighted by atomic mass is 10.4. The highest BCUT2D eigenvalue weighted by molar-refractivity contribution is 8.07. The average Bonchev–Trinajstić information content (AvgIpc) is 2.33. The minimum Gasteiger partial charge on any atom is -0.308 e. The van der Waals surface area contributed by atoms with E-state index in [0.717, 1.165) is 17.3 Å². The Morgan fingerprint density at radius 2 is 2.44 bits per heavy atom. The smallest absolute Gasteiger partial charge is 0.239 e. The quantitative estimate of drug-likeness (QED) is 0.900. The highest BCUT2D eigenvalue weighted by atomic mass is 35.5. The largest absolute Gasteiger partial charge is 0.308 e. The van der Waals surface area contributed by atoms with Crippen LogP contribution >= 0.6 is 35.1 Å². The summed E-state index contributed by atoms with van der Waals surface area (Å²) in [4.78, 5) is 15.9. The molecule has 0 aromatic carbocycles. The summed E-state index contributed by atoms with van der Waals surface area (Å²) in [5.74, 6) is 3.46. The second kappa shape index (κ2) is 5.80. The third-order valence-corrected chi connectivity index (χ3v) is 5.17. The number of nitrogens with one attached hydrogen (secondary N) is 1. The molecule has 1 aromatic rings. The van der Waals surface area contributed by atoms with Crippen molar-refractivity contribution in [1.29, 1.82) is 0 Å². The van der Waals surface area contributed by atoms with Crippen molar-refractivity contribution in [3.8, 4) is 0 Å². The van der Waals surface area contributed by atoms with Crippen molar-refractivity contribution < 1.29 is 4.79 Å². The zero-order valence-electron chi connectivity index (χ0n) is 8.48. The van der Waals surface area contributed by atoms with E-state index in [-0.39, 0.29) is 11.2 Å². The molecule has 2 rings (SSSR count). The third kappa shape index (κ3) is 3.06. The molecule has 1 atom stereocenters. The maximum Gasteiger partial charge on any atom is 0.239 e.